The van der Waals surface area contributed by atoms with Crippen LogP contribution in [0.15, 0.2) is 0 Å². The summed E-state index contributed by atoms with van der Waals surface area (Å²) in [4.78, 5) is 0. The van der Waals surface area contributed by atoms with E-state index >= 15 is 0 Å². The van der Waals surface area contributed by atoms with Gasteiger partial charge in [-0.3, -0.25) is 0 Å². The fourth-order valence-corrected chi connectivity index (χ4v) is 0.896. The Morgan fingerprint density at radius 3 is 2.44 bits per heavy atom. The summed E-state index contributed by atoms with van der Waals surface area (Å²) in [6.07, 6.45) is -3.03. The van der Waals surface area contributed by atoms with Crippen LogP contribution in [0, 0.1) is 0 Å². The number of halogens is 2. The lowest BCUT2D eigenvalue weighted by molar-refractivity contribution is 0.0410. The molecule has 4 heteroatoms. The largest absolute Gasteiger partial charge is 0.391 e. The van der Waals surface area contributed by atoms with E-state index < -0.39 is 18.6 Å². The molecule has 0 amide bonds. The molecule has 0 saturated carbocycles. The first kappa shape index (κ1) is 6.89. The third-order valence-electron chi connectivity index (χ3n) is 1.42. The van der Waals surface area contributed by atoms with E-state index in [9.17, 15) is 8.78 Å². The average Bonchev–Trinajstić information content (AvgIpc) is 2.13. The molecule has 2 atom stereocenters. The SMILES string of the molecule is OC1CC[N]C1C(F)F. The van der Waals surface area contributed by atoms with Gasteiger partial charge in [0.2, 0.25) is 0 Å². The predicted octanol–water partition coefficient (Wildman–Crippen LogP) is -0.0109. The zero-order chi connectivity index (χ0) is 6.85. The number of hydrogen-bond acceptors (Lipinski definition) is 1. The summed E-state index contributed by atoms with van der Waals surface area (Å²) in [6, 6.07) is -1.12. The summed E-state index contributed by atoms with van der Waals surface area (Å²) < 4.78 is 23.5. The van der Waals surface area contributed by atoms with Crippen molar-refractivity contribution in [1.29, 1.82) is 0 Å². The highest BCUT2D eigenvalue weighted by Gasteiger charge is 2.33. The molecule has 0 aromatic rings. The minimum Gasteiger partial charge on any atom is -0.391 e. The van der Waals surface area contributed by atoms with E-state index in [0.29, 0.717) is 13.0 Å². The van der Waals surface area contributed by atoms with Crippen molar-refractivity contribution in [1.82, 2.24) is 5.32 Å². The van der Waals surface area contributed by atoms with Crippen LogP contribution in [-0.2, 0) is 0 Å². The van der Waals surface area contributed by atoms with Crippen LogP contribution in [0.25, 0.3) is 0 Å². The normalized spacial score (nSPS) is 36.0. The summed E-state index contributed by atoms with van der Waals surface area (Å²) in [7, 11) is 0. The van der Waals surface area contributed by atoms with Crippen molar-refractivity contribution in [2.24, 2.45) is 0 Å². The maximum absolute atomic E-state index is 11.7. The van der Waals surface area contributed by atoms with Gasteiger partial charge in [0, 0.05) is 6.54 Å². The molecule has 0 spiro atoms. The minimum absolute atomic E-state index is 0.371. The lowest BCUT2D eigenvalue weighted by atomic mass is 10.2. The van der Waals surface area contributed by atoms with Gasteiger partial charge in [0.15, 0.2) is 0 Å². The molecule has 53 valence electrons. The van der Waals surface area contributed by atoms with Gasteiger partial charge in [0.05, 0.1) is 6.10 Å². The first-order chi connectivity index (χ1) is 4.22. The molecule has 1 N–H and O–H groups in total. The molecule has 2 unspecified atom stereocenters. The number of nitrogens with zero attached hydrogens (tertiary/aromatic N) is 1. The predicted molar refractivity (Wildman–Crippen MR) is 27.4 cm³/mol. The smallest absolute Gasteiger partial charge is 0.257 e. The summed E-state index contributed by atoms with van der Waals surface area (Å²) in [5, 5.41) is 12.3. The molecule has 1 saturated heterocycles. The maximum atomic E-state index is 11.7. The Labute approximate surface area is 51.9 Å². The number of hydrogen-bond donors (Lipinski definition) is 1. The zero-order valence-corrected chi connectivity index (χ0v) is 4.80. The van der Waals surface area contributed by atoms with Crippen LogP contribution in [0.5, 0.6) is 0 Å². The lowest BCUT2D eigenvalue weighted by Gasteiger charge is -2.10. The van der Waals surface area contributed by atoms with Crippen molar-refractivity contribution >= 4 is 0 Å². The van der Waals surface area contributed by atoms with Gasteiger partial charge in [-0.1, -0.05) is 0 Å². The van der Waals surface area contributed by atoms with Crippen LogP contribution in [0.2, 0.25) is 0 Å². The lowest BCUT2D eigenvalue weighted by Crippen LogP contribution is -2.32. The van der Waals surface area contributed by atoms with Gasteiger partial charge in [-0.05, 0) is 6.42 Å². The number of alkyl halides is 2. The van der Waals surface area contributed by atoms with Gasteiger partial charge in [-0.15, -0.1) is 0 Å². The van der Waals surface area contributed by atoms with Gasteiger partial charge in [0.25, 0.3) is 6.43 Å². The van der Waals surface area contributed by atoms with Crippen LogP contribution in [0.1, 0.15) is 6.42 Å². The average molecular weight is 136 g/mol. The van der Waals surface area contributed by atoms with Crippen LogP contribution in [-0.4, -0.2) is 30.2 Å². The Morgan fingerprint density at radius 1 is 1.56 bits per heavy atom. The molecule has 1 aliphatic rings. The van der Waals surface area contributed by atoms with Crippen molar-refractivity contribution in [3.8, 4) is 0 Å². The third-order valence-corrected chi connectivity index (χ3v) is 1.42. The van der Waals surface area contributed by atoms with Crippen LogP contribution in [0.3, 0.4) is 0 Å². The van der Waals surface area contributed by atoms with E-state index in [2.05, 4.69) is 5.32 Å². The fraction of sp³-hybridized carbons (Fsp3) is 1.00. The second-order valence-corrected chi connectivity index (χ2v) is 2.09. The van der Waals surface area contributed by atoms with Crippen molar-refractivity contribution in [3.63, 3.8) is 0 Å². The first-order valence-electron chi connectivity index (χ1n) is 2.84. The Kier molecular flexibility index (Phi) is 1.97. The van der Waals surface area contributed by atoms with E-state index in [-0.39, 0.29) is 0 Å². The van der Waals surface area contributed by atoms with Gasteiger partial charge in [-0.2, -0.15) is 0 Å². The molecule has 1 aliphatic heterocycles. The monoisotopic (exact) mass is 136 g/mol. The standard InChI is InChI=1S/C5H8F2NO/c6-5(7)4-3(9)1-2-8-4/h3-5,9H,1-2H2. The Balaban J connectivity index is 2.40. The Bertz CT molecular complexity index is 99.0. The van der Waals surface area contributed by atoms with Crippen molar-refractivity contribution < 1.29 is 13.9 Å². The van der Waals surface area contributed by atoms with Crippen molar-refractivity contribution in [2.75, 3.05) is 6.54 Å². The number of aliphatic hydroxyl groups is 1. The molecular weight excluding hydrogens is 128 g/mol. The number of rotatable bonds is 1. The molecule has 2 nitrogen and oxygen atoms in total. The quantitative estimate of drug-likeness (QED) is 0.540. The van der Waals surface area contributed by atoms with Gasteiger partial charge < -0.3 is 5.11 Å². The molecule has 0 aromatic heterocycles. The first-order valence-corrected chi connectivity index (χ1v) is 2.84. The highest BCUT2D eigenvalue weighted by Crippen LogP contribution is 2.14. The molecule has 1 fully saturated rings. The topological polar surface area (TPSA) is 34.3 Å². The summed E-state index contributed by atoms with van der Waals surface area (Å²) in [6.45, 7) is 0.371. The Hall–Kier alpha value is -0.220. The van der Waals surface area contributed by atoms with E-state index in [0.717, 1.165) is 0 Å². The summed E-state index contributed by atoms with van der Waals surface area (Å²) >= 11 is 0. The van der Waals surface area contributed by atoms with Gasteiger partial charge in [0.1, 0.15) is 6.04 Å². The fourth-order valence-electron chi connectivity index (χ4n) is 0.896. The molecule has 9 heavy (non-hydrogen) atoms. The van der Waals surface area contributed by atoms with Crippen molar-refractivity contribution in [2.45, 2.75) is 25.0 Å². The van der Waals surface area contributed by atoms with E-state index in [1.165, 1.54) is 0 Å². The highest BCUT2D eigenvalue weighted by atomic mass is 19.3. The molecule has 0 aliphatic carbocycles. The molecule has 1 radical (unpaired) electrons. The van der Waals surface area contributed by atoms with E-state index in [4.69, 9.17) is 5.11 Å². The van der Waals surface area contributed by atoms with Crippen molar-refractivity contribution in [3.05, 3.63) is 0 Å². The highest BCUT2D eigenvalue weighted by molar-refractivity contribution is 4.84. The van der Waals surface area contributed by atoms with Gasteiger partial charge in [-0.25, -0.2) is 14.1 Å². The van der Waals surface area contributed by atoms with Crippen LogP contribution in [0.4, 0.5) is 8.78 Å². The molecule has 0 bridgehead atoms. The third kappa shape index (κ3) is 1.37. The second-order valence-electron chi connectivity index (χ2n) is 2.09. The van der Waals surface area contributed by atoms with E-state index in [1.807, 2.05) is 0 Å². The summed E-state index contributed by atoms with van der Waals surface area (Å²) in [5.74, 6) is 0. The number of aliphatic hydroxyl groups excluding tert-OH is 1. The summed E-state index contributed by atoms with van der Waals surface area (Å²) in [5.41, 5.74) is 0. The molecule has 1 rings (SSSR count). The molecular formula is C5H8F2NO. The second kappa shape index (κ2) is 2.58. The Morgan fingerprint density at radius 2 is 2.22 bits per heavy atom. The van der Waals surface area contributed by atoms with Crippen LogP contribution >= 0.6 is 0 Å². The molecule has 1 heterocycles. The minimum atomic E-state index is -2.50. The van der Waals surface area contributed by atoms with Crippen LogP contribution < -0.4 is 5.32 Å². The maximum Gasteiger partial charge on any atom is 0.257 e. The van der Waals surface area contributed by atoms with E-state index in [1.54, 1.807) is 0 Å². The molecule has 0 aromatic carbocycles. The van der Waals surface area contributed by atoms with Gasteiger partial charge >= 0.3 is 0 Å². The zero-order valence-electron chi connectivity index (χ0n) is 4.80.